The van der Waals surface area contributed by atoms with Gasteiger partial charge in [-0.15, -0.1) is 11.3 Å². The molecular formula is C12H11N3S. The summed E-state index contributed by atoms with van der Waals surface area (Å²) < 4.78 is 1.97. The van der Waals surface area contributed by atoms with Crippen molar-refractivity contribution in [3.8, 4) is 10.6 Å². The number of aromatic nitrogens is 2. The Morgan fingerprint density at radius 3 is 3.00 bits per heavy atom. The number of fused-ring (bicyclic) bond motifs is 1. The zero-order chi connectivity index (χ0) is 11.1. The predicted octanol–water partition coefficient (Wildman–Crippen LogP) is 2.95. The summed E-state index contributed by atoms with van der Waals surface area (Å²) >= 11 is 1.69. The van der Waals surface area contributed by atoms with Gasteiger partial charge in [-0.05, 0) is 30.0 Å². The van der Waals surface area contributed by atoms with E-state index in [1.54, 1.807) is 11.3 Å². The number of hydrogen-bond acceptors (Lipinski definition) is 3. The molecule has 3 aromatic rings. The lowest BCUT2D eigenvalue weighted by atomic mass is 10.2. The molecule has 3 rings (SSSR count). The molecule has 0 saturated carbocycles. The molecule has 2 N–H and O–H groups in total. The van der Waals surface area contributed by atoms with Gasteiger partial charge in [-0.2, -0.15) is 0 Å². The van der Waals surface area contributed by atoms with E-state index in [2.05, 4.69) is 16.4 Å². The van der Waals surface area contributed by atoms with E-state index in [4.69, 9.17) is 5.73 Å². The highest BCUT2D eigenvalue weighted by Crippen LogP contribution is 2.25. The summed E-state index contributed by atoms with van der Waals surface area (Å²) in [5.74, 6) is 0. The Morgan fingerprint density at radius 1 is 1.38 bits per heavy atom. The van der Waals surface area contributed by atoms with Crippen molar-refractivity contribution in [3.05, 3.63) is 41.5 Å². The summed E-state index contributed by atoms with van der Waals surface area (Å²) in [6.07, 6.45) is 3.92. The van der Waals surface area contributed by atoms with Gasteiger partial charge >= 0.3 is 0 Å². The van der Waals surface area contributed by atoms with E-state index >= 15 is 0 Å². The molecule has 80 valence electrons. The molecular weight excluding hydrogens is 218 g/mol. The predicted molar refractivity (Wildman–Crippen MR) is 67.7 cm³/mol. The number of aryl methyl sites for hydroxylation is 1. The fourth-order valence-electron chi connectivity index (χ4n) is 1.69. The van der Waals surface area contributed by atoms with Crippen LogP contribution in [0.1, 0.15) is 5.56 Å². The van der Waals surface area contributed by atoms with Crippen molar-refractivity contribution in [1.29, 1.82) is 0 Å². The van der Waals surface area contributed by atoms with Crippen LogP contribution in [0, 0.1) is 6.92 Å². The number of pyridine rings is 1. The van der Waals surface area contributed by atoms with Gasteiger partial charge in [-0.1, -0.05) is 6.07 Å². The Bertz CT molecular complexity index is 599. The second kappa shape index (κ2) is 3.35. The molecule has 0 saturated heterocycles. The van der Waals surface area contributed by atoms with E-state index in [0.717, 1.165) is 22.6 Å². The van der Waals surface area contributed by atoms with Gasteiger partial charge in [-0.25, -0.2) is 4.98 Å². The number of nitrogens with two attached hydrogens (primary N) is 1. The van der Waals surface area contributed by atoms with Crippen molar-refractivity contribution in [1.82, 2.24) is 9.38 Å². The number of imidazole rings is 1. The van der Waals surface area contributed by atoms with Crippen LogP contribution in [-0.2, 0) is 0 Å². The first kappa shape index (κ1) is 9.42. The van der Waals surface area contributed by atoms with Crippen LogP contribution in [0.5, 0.6) is 0 Å². The lowest BCUT2D eigenvalue weighted by Gasteiger charge is -1.99. The van der Waals surface area contributed by atoms with Crippen molar-refractivity contribution in [2.45, 2.75) is 6.92 Å². The number of thiophene rings is 1. The lowest BCUT2D eigenvalue weighted by molar-refractivity contribution is 1.18. The van der Waals surface area contributed by atoms with Gasteiger partial charge in [0.2, 0.25) is 0 Å². The fourth-order valence-corrected chi connectivity index (χ4v) is 2.37. The molecule has 3 aromatic heterocycles. The van der Waals surface area contributed by atoms with E-state index < -0.39 is 0 Å². The summed E-state index contributed by atoms with van der Waals surface area (Å²) in [6, 6.07) is 6.11. The maximum absolute atomic E-state index is 5.87. The summed E-state index contributed by atoms with van der Waals surface area (Å²) in [5, 5.41) is 2.05. The first-order valence-corrected chi connectivity index (χ1v) is 5.91. The van der Waals surface area contributed by atoms with Crippen LogP contribution in [0.3, 0.4) is 0 Å². The first-order valence-electron chi connectivity index (χ1n) is 5.03. The number of hydrogen-bond donors (Lipinski definition) is 1. The number of nitrogens with zero attached hydrogens (tertiary/aromatic N) is 2. The molecule has 0 fully saturated rings. The van der Waals surface area contributed by atoms with Crippen molar-refractivity contribution in [3.63, 3.8) is 0 Å². The highest BCUT2D eigenvalue weighted by molar-refractivity contribution is 7.13. The van der Waals surface area contributed by atoms with Crippen LogP contribution in [0.15, 0.2) is 36.0 Å². The Hall–Kier alpha value is -1.81. The van der Waals surface area contributed by atoms with Gasteiger partial charge in [0.15, 0.2) is 0 Å². The minimum atomic E-state index is 0.794. The molecule has 0 spiro atoms. The fraction of sp³-hybridized carbons (Fsp3) is 0.0833. The molecule has 0 amide bonds. The Morgan fingerprint density at radius 2 is 2.25 bits per heavy atom. The topological polar surface area (TPSA) is 43.3 Å². The minimum Gasteiger partial charge on any atom is -0.397 e. The summed E-state index contributed by atoms with van der Waals surface area (Å²) in [4.78, 5) is 5.76. The second-order valence-electron chi connectivity index (χ2n) is 3.78. The van der Waals surface area contributed by atoms with Crippen LogP contribution >= 0.6 is 11.3 Å². The van der Waals surface area contributed by atoms with Gasteiger partial charge in [-0.3, -0.25) is 0 Å². The average molecular weight is 229 g/mol. The number of rotatable bonds is 1. The van der Waals surface area contributed by atoms with Crippen molar-refractivity contribution in [2.75, 3.05) is 5.73 Å². The molecule has 0 atom stereocenters. The van der Waals surface area contributed by atoms with Gasteiger partial charge in [0.25, 0.3) is 0 Å². The molecule has 4 heteroatoms. The molecule has 0 aromatic carbocycles. The molecule has 0 aliphatic rings. The standard InChI is InChI=1S/C12H11N3S/c1-8-5-12-14-10(11-3-2-4-16-11)7-15(12)6-9(8)13/h2-7H,13H2,1H3. The molecule has 3 heterocycles. The normalized spacial score (nSPS) is 11.1. The quantitative estimate of drug-likeness (QED) is 0.697. The van der Waals surface area contributed by atoms with Crippen LogP contribution in [0.25, 0.3) is 16.2 Å². The SMILES string of the molecule is Cc1cc2nc(-c3cccs3)cn2cc1N. The number of nitrogen functional groups attached to an aromatic ring is 1. The first-order chi connectivity index (χ1) is 7.74. The summed E-state index contributed by atoms with van der Waals surface area (Å²) in [6.45, 7) is 1.99. The minimum absolute atomic E-state index is 0.794. The van der Waals surface area contributed by atoms with Crippen molar-refractivity contribution >= 4 is 22.7 Å². The molecule has 0 radical (unpaired) electrons. The Kier molecular flexibility index (Phi) is 1.97. The molecule has 0 aliphatic carbocycles. The molecule has 0 bridgehead atoms. The molecule has 0 unspecified atom stereocenters. The van der Waals surface area contributed by atoms with E-state index in [-0.39, 0.29) is 0 Å². The highest BCUT2D eigenvalue weighted by atomic mass is 32.1. The Balaban J connectivity index is 2.23. The average Bonchev–Trinajstić information content (AvgIpc) is 2.86. The maximum Gasteiger partial charge on any atom is 0.137 e. The zero-order valence-electron chi connectivity index (χ0n) is 8.84. The lowest BCUT2D eigenvalue weighted by Crippen LogP contribution is -1.93. The third-order valence-electron chi connectivity index (χ3n) is 2.61. The summed E-state index contributed by atoms with van der Waals surface area (Å²) in [7, 11) is 0. The van der Waals surface area contributed by atoms with E-state index in [1.165, 1.54) is 4.88 Å². The van der Waals surface area contributed by atoms with Crippen LogP contribution < -0.4 is 5.73 Å². The maximum atomic E-state index is 5.87. The highest BCUT2D eigenvalue weighted by Gasteiger charge is 2.06. The van der Waals surface area contributed by atoms with E-state index in [9.17, 15) is 0 Å². The Labute approximate surface area is 97.2 Å². The summed E-state index contributed by atoms with van der Waals surface area (Å²) in [5.41, 5.74) is 9.67. The zero-order valence-corrected chi connectivity index (χ0v) is 9.66. The smallest absolute Gasteiger partial charge is 0.137 e. The number of anilines is 1. The van der Waals surface area contributed by atoms with Crippen LogP contribution in [0.4, 0.5) is 5.69 Å². The van der Waals surface area contributed by atoms with Gasteiger partial charge in [0.05, 0.1) is 16.3 Å². The monoisotopic (exact) mass is 229 g/mol. The van der Waals surface area contributed by atoms with E-state index in [1.807, 2.05) is 35.9 Å². The van der Waals surface area contributed by atoms with Crippen molar-refractivity contribution in [2.24, 2.45) is 0 Å². The third-order valence-corrected chi connectivity index (χ3v) is 3.51. The third kappa shape index (κ3) is 1.39. The van der Waals surface area contributed by atoms with Gasteiger partial charge < -0.3 is 10.1 Å². The molecule has 16 heavy (non-hydrogen) atoms. The molecule has 0 aliphatic heterocycles. The van der Waals surface area contributed by atoms with Gasteiger partial charge in [0, 0.05) is 12.4 Å². The van der Waals surface area contributed by atoms with E-state index in [0.29, 0.717) is 0 Å². The molecule has 3 nitrogen and oxygen atoms in total. The van der Waals surface area contributed by atoms with Crippen LogP contribution in [0.2, 0.25) is 0 Å². The van der Waals surface area contributed by atoms with Crippen molar-refractivity contribution < 1.29 is 0 Å². The largest absolute Gasteiger partial charge is 0.397 e. The van der Waals surface area contributed by atoms with Crippen LogP contribution in [-0.4, -0.2) is 9.38 Å². The second-order valence-corrected chi connectivity index (χ2v) is 4.73. The van der Waals surface area contributed by atoms with Gasteiger partial charge in [0.1, 0.15) is 5.65 Å².